The molecule has 12 heteroatoms. The second-order valence-electron chi connectivity index (χ2n) is 7.42. The maximum atomic E-state index is 13.3. The average molecular weight is 528 g/mol. The minimum atomic E-state index is -0.493. The number of ether oxygens (including phenoxy) is 2. The lowest BCUT2D eigenvalue weighted by Gasteiger charge is -2.03. The number of halogens is 1. The summed E-state index contributed by atoms with van der Waals surface area (Å²) in [5, 5.41) is 15.5. The number of carbonyl (C=O) groups excluding carboxylic acids is 2. The highest BCUT2D eigenvalue weighted by molar-refractivity contribution is 8.00. The first kappa shape index (κ1) is 25.3. The van der Waals surface area contributed by atoms with E-state index in [2.05, 4.69) is 20.6 Å². The molecule has 0 saturated heterocycles. The SMILES string of the molecule is CCCOc1cn(-c2ccc(F)cc2)nc1C(=O)Nc1nnc(SCc2ccc(C(=O)OC)cc2)s1. The van der Waals surface area contributed by atoms with Crippen molar-refractivity contribution in [2.45, 2.75) is 23.4 Å². The van der Waals surface area contributed by atoms with Crippen molar-refractivity contribution in [1.29, 1.82) is 0 Å². The lowest BCUT2D eigenvalue weighted by Crippen LogP contribution is -2.14. The number of anilines is 1. The Morgan fingerprint density at radius 1 is 1.11 bits per heavy atom. The predicted molar refractivity (Wildman–Crippen MR) is 135 cm³/mol. The van der Waals surface area contributed by atoms with Gasteiger partial charge in [-0.25, -0.2) is 13.9 Å². The molecule has 36 heavy (non-hydrogen) atoms. The smallest absolute Gasteiger partial charge is 0.337 e. The van der Waals surface area contributed by atoms with E-state index < -0.39 is 5.91 Å². The van der Waals surface area contributed by atoms with E-state index in [9.17, 15) is 14.0 Å². The van der Waals surface area contributed by atoms with Crippen molar-refractivity contribution in [3.8, 4) is 11.4 Å². The van der Waals surface area contributed by atoms with Crippen LogP contribution >= 0.6 is 23.1 Å². The number of carbonyl (C=O) groups is 2. The van der Waals surface area contributed by atoms with Crippen LogP contribution in [0.1, 0.15) is 39.8 Å². The van der Waals surface area contributed by atoms with E-state index in [1.54, 1.807) is 30.5 Å². The van der Waals surface area contributed by atoms with Crippen molar-refractivity contribution < 1.29 is 23.5 Å². The van der Waals surface area contributed by atoms with Crippen molar-refractivity contribution >= 4 is 40.1 Å². The number of benzene rings is 2. The molecule has 4 aromatic rings. The predicted octanol–water partition coefficient (Wildman–Crippen LogP) is 4.98. The fraction of sp³-hybridized carbons (Fsp3) is 0.208. The molecule has 0 radical (unpaired) electrons. The van der Waals surface area contributed by atoms with E-state index in [1.165, 1.54) is 47.0 Å². The van der Waals surface area contributed by atoms with Gasteiger partial charge in [-0.1, -0.05) is 42.2 Å². The zero-order valence-corrected chi connectivity index (χ0v) is 21.1. The van der Waals surface area contributed by atoms with Gasteiger partial charge in [0.05, 0.1) is 31.2 Å². The molecule has 1 N–H and O–H groups in total. The van der Waals surface area contributed by atoms with E-state index in [0.717, 1.165) is 12.0 Å². The molecule has 2 heterocycles. The Bertz CT molecular complexity index is 1340. The summed E-state index contributed by atoms with van der Waals surface area (Å²) in [7, 11) is 1.34. The summed E-state index contributed by atoms with van der Waals surface area (Å²) < 4.78 is 25.8. The monoisotopic (exact) mass is 527 g/mol. The molecule has 0 atom stereocenters. The lowest BCUT2D eigenvalue weighted by molar-refractivity contribution is 0.0600. The average Bonchev–Trinajstić information content (AvgIpc) is 3.53. The number of amides is 1. The first-order valence-electron chi connectivity index (χ1n) is 10.9. The first-order valence-corrected chi connectivity index (χ1v) is 12.7. The zero-order valence-electron chi connectivity index (χ0n) is 19.4. The summed E-state index contributed by atoms with van der Waals surface area (Å²) >= 11 is 2.69. The van der Waals surface area contributed by atoms with Crippen LogP contribution in [0.25, 0.3) is 5.69 Å². The van der Waals surface area contributed by atoms with Gasteiger partial charge in [-0.05, 0) is 48.4 Å². The largest absolute Gasteiger partial charge is 0.489 e. The molecule has 0 aliphatic heterocycles. The minimum absolute atomic E-state index is 0.0860. The molecule has 186 valence electrons. The Morgan fingerprint density at radius 3 is 2.56 bits per heavy atom. The van der Waals surface area contributed by atoms with Gasteiger partial charge in [0.25, 0.3) is 5.91 Å². The second kappa shape index (κ2) is 11.8. The molecule has 0 saturated carbocycles. The molecule has 0 bridgehead atoms. The molecule has 4 rings (SSSR count). The first-order chi connectivity index (χ1) is 17.5. The van der Waals surface area contributed by atoms with E-state index in [0.29, 0.717) is 38.8 Å². The number of hydrogen-bond donors (Lipinski definition) is 1. The third-order valence-corrected chi connectivity index (χ3v) is 6.86. The van der Waals surface area contributed by atoms with Crippen LogP contribution in [-0.4, -0.2) is 45.6 Å². The summed E-state index contributed by atoms with van der Waals surface area (Å²) in [6, 6.07) is 12.9. The Hall–Kier alpha value is -3.77. The third kappa shape index (κ3) is 6.26. The molecular weight excluding hydrogens is 505 g/mol. The third-order valence-electron chi connectivity index (χ3n) is 4.81. The molecule has 0 aliphatic rings. The van der Waals surface area contributed by atoms with Gasteiger partial charge in [0.15, 0.2) is 15.8 Å². The quantitative estimate of drug-likeness (QED) is 0.175. The molecule has 0 fully saturated rings. The van der Waals surface area contributed by atoms with E-state index >= 15 is 0 Å². The number of hydrogen-bond acceptors (Lipinski definition) is 9. The van der Waals surface area contributed by atoms with E-state index in [-0.39, 0.29) is 17.5 Å². The number of nitrogens with zero attached hydrogens (tertiary/aromatic N) is 4. The van der Waals surface area contributed by atoms with Crippen LogP contribution in [0.15, 0.2) is 59.1 Å². The van der Waals surface area contributed by atoms with Gasteiger partial charge in [0.1, 0.15) is 5.82 Å². The Kier molecular flexibility index (Phi) is 8.28. The number of esters is 1. The topological polar surface area (TPSA) is 108 Å². The Morgan fingerprint density at radius 2 is 1.86 bits per heavy atom. The Balaban J connectivity index is 1.42. The van der Waals surface area contributed by atoms with Crippen molar-refractivity contribution in [2.24, 2.45) is 0 Å². The second-order valence-corrected chi connectivity index (χ2v) is 9.62. The fourth-order valence-corrected chi connectivity index (χ4v) is 4.74. The molecule has 1 amide bonds. The summed E-state index contributed by atoms with van der Waals surface area (Å²) in [6.45, 7) is 2.37. The van der Waals surface area contributed by atoms with E-state index in [4.69, 9.17) is 9.47 Å². The van der Waals surface area contributed by atoms with Gasteiger partial charge in [-0.3, -0.25) is 10.1 Å². The van der Waals surface area contributed by atoms with Crippen LogP contribution in [0.5, 0.6) is 5.75 Å². The van der Waals surface area contributed by atoms with Crippen molar-refractivity contribution in [1.82, 2.24) is 20.0 Å². The highest BCUT2D eigenvalue weighted by Crippen LogP contribution is 2.29. The van der Waals surface area contributed by atoms with Gasteiger partial charge < -0.3 is 9.47 Å². The van der Waals surface area contributed by atoms with Crippen LogP contribution in [0.4, 0.5) is 9.52 Å². The molecule has 0 unspecified atom stereocenters. The number of aromatic nitrogens is 4. The van der Waals surface area contributed by atoms with Gasteiger partial charge in [0, 0.05) is 5.75 Å². The van der Waals surface area contributed by atoms with Crippen LogP contribution in [0.2, 0.25) is 0 Å². The molecule has 0 spiro atoms. The molecule has 2 aromatic heterocycles. The summed E-state index contributed by atoms with van der Waals surface area (Å²) in [5.74, 6) is -0.318. The number of methoxy groups -OCH3 is 1. The van der Waals surface area contributed by atoms with Crippen LogP contribution in [0.3, 0.4) is 0 Å². The standard InChI is InChI=1S/C24H22FN5O4S2/c1-3-12-34-19-13-30(18-10-8-17(25)9-11-18)29-20(19)21(31)26-23-27-28-24(36-23)35-14-15-4-6-16(7-5-15)22(32)33-2/h4-11,13H,3,12,14H2,1-2H3,(H,26,27,31). The van der Waals surface area contributed by atoms with Gasteiger partial charge in [-0.15, -0.1) is 10.2 Å². The fourth-order valence-electron chi connectivity index (χ4n) is 3.03. The number of thioether (sulfide) groups is 1. The highest BCUT2D eigenvalue weighted by atomic mass is 32.2. The van der Waals surface area contributed by atoms with Gasteiger partial charge in [0.2, 0.25) is 5.13 Å². The Labute approximate surface area is 214 Å². The van der Waals surface area contributed by atoms with Gasteiger partial charge in [-0.2, -0.15) is 5.10 Å². The normalized spacial score (nSPS) is 10.8. The molecule has 2 aromatic carbocycles. The lowest BCUT2D eigenvalue weighted by atomic mass is 10.1. The highest BCUT2D eigenvalue weighted by Gasteiger charge is 2.21. The zero-order chi connectivity index (χ0) is 25.5. The van der Waals surface area contributed by atoms with Crippen LogP contribution < -0.4 is 10.1 Å². The van der Waals surface area contributed by atoms with Crippen LogP contribution in [-0.2, 0) is 10.5 Å². The maximum Gasteiger partial charge on any atom is 0.337 e. The minimum Gasteiger partial charge on any atom is -0.489 e. The number of rotatable bonds is 10. The summed E-state index contributed by atoms with van der Waals surface area (Å²) in [4.78, 5) is 24.5. The van der Waals surface area contributed by atoms with Crippen molar-refractivity contribution in [2.75, 3.05) is 19.0 Å². The van der Waals surface area contributed by atoms with Gasteiger partial charge >= 0.3 is 5.97 Å². The summed E-state index contributed by atoms with van der Waals surface area (Å²) in [6.07, 6.45) is 2.34. The van der Waals surface area contributed by atoms with Crippen LogP contribution in [0, 0.1) is 5.82 Å². The van der Waals surface area contributed by atoms with E-state index in [1.807, 2.05) is 19.1 Å². The molecule has 9 nitrogen and oxygen atoms in total. The molecular formula is C24H22FN5O4S2. The van der Waals surface area contributed by atoms with Crippen molar-refractivity contribution in [3.63, 3.8) is 0 Å². The van der Waals surface area contributed by atoms with Crippen molar-refractivity contribution in [3.05, 3.63) is 77.4 Å². The maximum absolute atomic E-state index is 13.3. The summed E-state index contributed by atoms with van der Waals surface area (Å²) in [5.41, 5.74) is 2.16. The molecule has 0 aliphatic carbocycles. The number of nitrogens with one attached hydrogen (secondary N) is 1.